The van der Waals surface area contributed by atoms with Gasteiger partial charge in [0, 0.05) is 29.8 Å². The lowest BCUT2D eigenvalue weighted by molar-refractivity contribution is 0.252. The number of aryl methyl sites for hydroxylation is 1. The first-order chi connectivity index (χ1) is 11.1. The summed E-state index contributed by atoms with van der Waals surface area (Å²) in [6.45, 7) is 1.17. The van der Waals surface area contributed by atoms with E-state index in [1.165, 1.54) is 6.07 Å². The van der Waals surface area contributed by atoms with Gasteiger partial charge in [-0.1, -0.05) is 33.6 Å². The van der Waals surface area contributed by atoms with Gasteiger partial charge in [-0.05, 0) is 37.1 Å². The van der Waals surface area contributed by atoms with Gasteiger partial charge < -0.3 is 15.2 Å². The zero-order chi connectivity index (χ0) is 16.7. The molecule has 0 unspecified atom stereocenters. The number of hydrogen-bond donors (Lipinski definition) is 2. The number of urea groups is 1. The summed E-state index contributed by atoms with van der Waals surface area (Å²) in [5.41, 5.74) is 0.547. The molecule has 0 bridgehead atoms. The molecule has 0 saturated carbocycles. The smallest absolute Gasteiger partial charge is 0.319 e. The molecular weight excluding hydrogens is 382 g/mol. The fraction of sp³-hybridized carbons (Fsp3) is 0.250. The molecule has 2 rings (SSSR count). The van der Waals surface area contributed by atoms with Crippen LogP contribution in [0.1, 0.15) is 12.8 Å². The molecule has 0 radical (unpaired) electrons. The molecule has 1 aromatic heterocycles. The SMILES string of the molecule is O=C(NCCCCn1ccccc1=O)Nc1ccc(Br)cc1Cl. The lowest BCUT2D eigenvalue weighted by atomic mass is 10.3. The third-order valence-corrected chi connectivity index (χ3v) is 4.00. The van der Waals surface area contributed by atoms with Crippen molar-refractivity contribution in [3.8, 4) is 0 Å². The van der Waals surface area contributed by atoms with Crippen LogP contribution in [0.25, 0.3) is 0 Å². The van der Waals surface area contributed by atoms with Gasteiger partial charge in [0.2, 0.25) is 5.56 Å². The molecule has 0 atom stereocenters. The molecule has 122 valence electrons. The second kappa shape index (κ2) is 8.74. The number of carbonyl (C=O) groups excluding carboxylic acids is 1. The quantitative estimate of drug-likeness (QED) is 0.726. The number of anilines is 1. The van der Waals surface area contributed by atoms with Gasteiger partial charge in [-0.15, -0.1) is 0 Å². The predicted molar refractivity (Wildman–Crippen MR) is 96.1 cm³/mol. The Hall–Kier alpha value is -1.79. The molecule has 0 aliphatic carbocycles. The Balaban J connectivity index is 1.69. The maximum absolute atomic E-state index is 11.8. The Bertz CT molecular complexity index is 733. The van der Waals surface area contributed by atoms with Crippen LogP contribution < -0.4 is 16.2 Å². The highest BCUT2D eigenvalue weighted by Gasteiger charge is 2.05. The van der Waals surface area contributed by atoms with Crippen molar-refractivity contribution in [1.82, 2.24) is 9.88 Å². The Morgan fingerprint density at radius 3 is 2.78 bits per heavy atom. The molecule has 2 N–H and O–H groups in total. The molecule has 0 aliphatic heterocycles. The number of aromatic nitrogens is 1. The van der Waals surface area contributed by atoms with E-state index in [9.17, 15) is 9.59 Å². The number of benzene rings is 1. The zero-order valence-corrected chi connectivity index (χ0v) is 14.7. The Morgan fingerprint density at radius 1 is 1.22 bits per heavy atom. The number of carbonyl (C=O) groups is 1. The standard InChI is InChI=1S/C16H17BrClN3O2/c17-12-6-7-14(13(18)11-12)20-16(23)19-8-2-4-10-21-9-3-1-5-15(21)22/h1,3,5-7,9,11H,2,4,8,10H2,(H2,19,20,23). The molecule has 0 saturated heterocycles. The van der Waals surface area contributed by atoms with Crippen molar-refractivity contribution in [3.63, 3.8) is 0 Å². The highest BCUT2D eigenvalue weighted by atomic mass is 79.9. The van der Waals surface area contributed by atoms with Gasteiger partial charge in [0.15, 0.2) is 0 Å². The van der Waals surface area contributed by atoms with Crippen LogP contribution in [0.3, 0.4) is 0 Å². The topological polar surface area (TPSA) is 63.1 Å². The lowest BCUT2D eigenvalue weighted by Gasteiger charge is -2.09. The summed E-state index contributed by atoms with van der Waals surface area (Å²) in [7, 11) is 0. The summed E-state index contributed by atoms with van der Waals surface area (Å²) in [5.74, 6) is 0. The van der Waals surface area contributed by atoms with Gasteiger partial charge in [-0.25, -0.2) is 4.79 Å². The van der Waals surface area contributed by atoms with Gasteiger partial charge in [0.05, 0.1) is 10.7 Å². The average molecular weight is 399 g/mol. The largest absolute Gasteiger partial charge is 0.338 e. The van der Waals surface area contributed by atoms with Crippen molar-refractivity contribution >= 4 is 39.2 Å². The number of unbranched alkanes of at least 4 members (excludes halogenated alkanes) is 1. The summed E-state index contributed by atoms with van der Waals surface area (Å²) >= 11 is 9.34. The van der Waals surface area contributed by atoms with Crippen LogP contribution in [-0.4, -0.2) is 17.1 Å². The highest BCUT2D eigenvalue weighted by Crippen LogP contribution is 2.25. The van der Waals surface area contributed by atoms with Gasteiger partial charge in [-0.2, -0.15) is 0 Å². The van der Waals surface area contributed by atoms with Crippen LogP contribution in [0.5, 0.6) is 0 Å². The van der Waals surface area contributed by atoms with Crippen molar-refractivity contribution in [2.75, 3.05) is 11.9 Å². The molecule has 0 spiro atoms. The average Bonchev–Trinajstić information content (AvgIpc) is 2.51. The predicted octanol–water partition coefficient (Wildman–Crippen LogP) is 3.87. The van der Waals surface area contributed by atoms with Gasteiger partial charge in [0.1, 0.15) is 0 Å². The fourth-order valence-corrected chi connectivity index (χ4v) is 2.73. The first-order valence-electron chi connectivity index (χ1n) is 7.21. The molecular formula is C16H17BrClN3O2. The molecule has 5 nitrogen and oxygen atoms in total. The molecule has 0 fully saturated rings. The summed E-state index contributed by atoms with van der Waals surface area (Å²) in [5, 5.41) is 5.93. The number of pyridine rings is 1. The molecule has 23 heavy (non-hydrogen) atoms. The lowest BCUT2D eigenvalue weighted by Crippen LogP contribution is -2.30. The second-order valence-electron chi connectivity index (χ2n) is 4.94. The van der Waals surface area contributed by atoms with E-state index in [1.54, 1.807) is 35.0 Å². The van der Waals surface area contributed by atoms with Crippen LogP contribution in [-0.2, 0) is 6.54 Å². The highest BCUT2D eigenvalue weighted by molar-refractivity contribution is 9.10. The van der Waals surface area contributed by atoms with Crippen molar-refractivity contribution in [2.45, 2.75) is 19.4 Å². The van der Waals surface area contributed by atoms with Crippen molar-refractivity contribution < 1.29 is 4.79 Å². The van der Waals surface area contributed by atoms with E-state index in [2.05, 4.69) is 26.6 Å². The van der Waals surface area contributed by atoms with Gasteiger partial charge >= 0.3 is 6.03 Å². The number of nitrogens with one attached hydrogen (secondary N) is 2. The van der Waals surface area contributed by atoms with Crippen LogP contribution >= 0.6 is 27.5 Å². The van der Waals surface area contributed by atoms with Crippen molar-refractivity contribution in [1.29, 1.82) is 0 Å². The molecule has 1 aromatic carbocycles. The maximum Gasteiger partial charge on any atom is 0.319 e. The van der Waals surface area contributed by atoms with Crippen LogP contribution in [0.4, 0.5) is 10.5 Å². The molecule has 2 amide bonds. The number of rotatable bonds is 6. The van der Waals surface area contributed by atoms with Crippen LogP contribution in [0, 0.1) is 0 Å². The van der Waals surface area contributed by atoms with Crippen LogP contribution in [0.2, 0.25) is 5.02 Å². The molecule has 0 aliphatic rings. The molecule has 2 aromatic rings. The van der Waals surface area contributed by atoms with Crippen LogP contribution in [0.15, 0.2) is 51.9 Å². The Kier molecular flexibility index (Phi) is 6.67. The number of nitrogens with zero attached hydrogens (tertiary/aromatic N) is 1. The van der Waals surface area contributed by atoms with E-state index in [4.69, 9.17) is 11.6 Å². The van der Waals surface area contributed by atoms with Gasteiger partial charge in [0.25, 0.3) is 0 Å². The molecule has 1 heterocycles. The van der Waals surface area contributed by atoms with Crippen molar-refractivity contribution in [3.05, 3.63) is 62.4 Å². The van der Waals surface area contributed by atoms with E-state index in [-0.39, 0.29) is 11.6 Å². The maximum atomic E-state index is 11.8. The third kappa shape index (κ3) is 5.73. The zero-order valence-electron chi connectivity index (χ0n) is 12.4. The summed E-state index contributed by atoms with van der Waals surface area (Å²) in [6.07, 6.45) is 3.35. The van der Waals surface area contributed by atoms with E-state index in [1.807, 2.05) is 6.07 Å². The first-order valence-corrected chi connectivity index (χ1v) is 8.39. The normalized spacial score (nSPS) is 10.3. The summed E-state index contributed by atoms with van der Waals surface area (Å²) < 4.78 is 2.51. The van der Waals surface area contributed by atoms with E-state index in [0.29, 0.717) is 23.8 Å². The minimum Gasteiger partial charge on any atom is -0.338 e. The fourth-order valence-electron chi connectivity index (χ4n) is 2.01. The van der Waals surface area contributed by atoms with Gasteiger partial charge in [-0.3, -0.25) is 4.79 Å². The minimum atomic E-state index is -0.300. The molecule has 7 heteroatoms. The monoisotopic (exact) mass is 397 g/mol. The summed E-state index contributed by atoms with van der Waals surface area (Å²) in [6, 6.07) is 10.0. The third-order valence-electron chi connectivity index (χ3n) is 3.19. The Morgan fingerprint density at radius 2 is 2.04 bits per heavy atom. The first kappa shape index (κ1) is 17.6. The number of amides is 2. The van der Waals surface area contributed by atoms with Crippen molar-refractivity contribution in [2.24, 2.45) is 0 Å². The minimum absolute atomic E-state index is 0.0110. The van der Waals surface area contributed by atoms with E-state index >= 15 is 0 Å². The summed E-state index contributed by atoms with van der Waals surface area (Å²) in [4.78, 5) is 23.3. The second-order valence-corrected chi connectivity index (χ2v) is 6.27. The van der Waals surface area contributed by atoms with E-state index in [0.717, 1.165) is 17.3 Å². The van der Waals surface area contributed by atoms with E-state index < -0.39 is 0 Å². The Labute approximate surface area is 147 Å². The number of hydrogen-bond acceptors (Lipinski definition) is 2. The number of halogens is 2.